The largest absolute Gasteiger partial charge is 0.490 e. The Morgan fingerprint density at radius 1 is 0.903 bits per heavy atom. The molecule has 168 valence electrons. The molecule has 0 amide bonds. The van der Waals surface area contributed by atoms with Crippen LogP contribution in [0.2, 0.25) is 0 Å². The number of aliphatic hydroxyl groups excluding tert-OH is 2. The molecule has 0 aliphatic rings. The number of benzene rings is 2. The second-order valence-corrected chi connectivity index (χ2v) is 9.41. The Labute approximate surface area is 185 Å². The highest BCUT2D eigenvalue weighted by molar-refractivity contribution is 5.79. The summed E-state index contributed by atoms with van der Waals surface area (Å²) >= 11 is 0. The molecule has 31 heavy (non-hydrogen) atoms. The fraction of sp³-hybridized carbons (Fsp3) is 0.481. The number of hydrogen-bond acceptors (Lipinski definition) is 4. The molecule has 2 atom stereocenters. The van der Waals surface area contributed by atoms with E-state index in [1.54, 1.807) is 0 Å². The number of rotatable bonds is 10. The number of ether oxygens (including phenoxy) is 1. The van der Waals surface area contributed by atoms with Crippen molar-refractivity contribution in [2.45, 2.75) is 77.4 Å². The van der Waals surface area contributed by atoms with Gasteiger partial charge in [-0.15, -0.1) is 0 Å². The van der Waals surface area contributed by atoms with Gasteiger partial charge >= 0.3 is 0 Å². The molecule has 2 aromatic carbocycles. The van der Waals surface area contributed by atoms with Gasteiger partial charge in [0.25, 0.3) is 0 Å². The van der Waals surface area contributed by atoms with Crippen LogP contribution in [0.5, 0.6) is 5.75 Å². The summed E-state index contributed by atoms with van der Waals surface area (Å²) in [6, 6.07) is 15.5. The highest BCUT2D eigenvalue weighted by Gasteiger charge is 2.18. The van der Waals surface area contributed by atoms with Crippen LogP contribution in [0.3, 0.4) is 0 Å². The summed E-state index contributed by atoms with van der Waals surface area (Å²) in [5.41, 5.74) is 2.91. The van der Waals surface area contributed by atoms with E-state index in [-0.39, 0.29) is 12.0 Å². The lowest BCUT2D eigenvalue weighted by atomic mass is 9.87. The zero-order chi connectivity index (χ0) is 22.4. The van der Waals surface area contributed by atoms with Crippen LogP contribution in [0.1, 0.15) is 88.9 Å². The number of furan rings is 1. The smallest absolute Gasteiger partial charge is 0.145 e. The number of hydrogen-bond donors (Lipinski definition) is 2. The summed E-state index contributed by atoms with van der Waals surface area (Å²) < 4.78 is 11.6. The zero-order valence-electron chi connectivity index (χ0n) is 19.2. The molecule has 0 saturated heterocycles. The maximum absolute atomic E-state index is 10.5. The molecule has 0 aliphatic heterocycles. The van der Waals surface area contributed by atoms with Crippen molar-refractivity contribution in [1.29, 1.82) is 0 Å². The van der Waals surface area contributed by atoms with Gasteiger partial charge in [0.05, 0.1) is 6.10 Å². The lowest BCUT2D eigenvalue weighted by Crippen LogP contribution is -2.10. The van der Waals surface area contributed by atoms with E-state index in [4.69, 9.17) is 9.15 Å². The molecule has 3 aromatic rings. The van der Waals surface area contributed by atoms with Crippen molar-refractivity contribution in [3.8, 4) is 5.75 Å². The normalized spacial score (nSPS) is 14.0. The molecule has 0 bridgehead atoms. The van der Waals surface area contributed by atoms with Crippen molar-refractivity contribution in [2.24, 2.45) is 0 Å². The fourth-order valence-electron chi connectivity index (χ4n) is 3.66. The first kappa shape index (κ1) is 23.4. The Balaban J connectivity index is 1.56. The van der Waals surface area contributed by atoms with Gasteiger partial charge in [-0.25, -0.2) is 0 Å². The Kier molecular flexibility index (Phi) is 7.79. The predicted octanol–water partition coefficient (Wildman–Crippen LogP) is 6.85. The zero-order valence-corrected chi connectivity index (χ0v) is 19.2. The molecule has 2 N–H and O–H groups in total. The van der Waals surface area contributed by atoms with Crippen molar-refractivity contribution >= 4 is 11.0 Å². The van der Waals surface area contributed by atoms with Crippen LogP contribution in [0, 0.1) is 0 Å². The van der Waals surface area contributed by atoms with Gasteiger partial charge in [0.15, 0.2) is 0 Å². The van der Waals surface area contributed by atoms with Gasteiger partial charge in [0.1, 0.15) is 29.8 Å². The van der Waals surface area contributed by atoms with Crippen LogP contribution in [0.25, 0.3) is 11.0 Å². The van der Waals surface area contributed by atoms with Crippen LogP contribution in [0.4, 0.5) is 0 Å². The molecule has 0 radical (unpaired) electrons. The average Bonchev–Trinajstić information content (AvgIpc) is 3.18. The topological polar surface area (TPSA) is 62.8 Å². The molecule has 1 heterocycles. The van der Waals surface area contributed by atoms with Gasteiger partial charge in [-0.05, 0) is 47.2 Å². The molecule has 4 heteroatoms. The first-order valence-corrected chi connectivity index (χ1v) is 11.4. The van der Waals surface area contributed by atoms with Gasteiger partial charge < -0.3 is 19.4 Å². The minimum absolute atomic E-state index is 0.0398. The van der Waals surface area contributed by atoms with Gasteiger partial charge in [-0.1, -0.05) is 77.6 Å². The third-order valence-corrected chi connectivity index (χ3v) is 5.74. The van der Waals surface area contributed by atoms with Gasteiger partial charge in [0.2, 0.25) is 0 Å². The van der Waals surface area contributed by atoms with E-state index < -0.39 is 12.2 Å². The van der Waals surface area contributed by atoms with E-state index in [9.17, 15) is 10.2 Å². The molecular weight excluding hydrogens is 388 g/mol. The van der Waals surface area contributed by atoms with Crippen molar-refractivity contribution in [2.75, 3.05) is 6.61 Å². The lowest BCUT2D eigenvalue weighted by Gasteiger charge is -2.18. The van der Waals surface area contributed by atoms with Crippen LogP contribution in [-0.2, 0) is 5.41 Å². The highest BCUT2D eigenvalue weighted by Crippen LogP contribution is 2.30. The number of fused-ring (bicyclic) bond motifs is 1. The first-order chi connectivity index (χ1) is 14.8. The van der Waals surface area contributed by atoms with Crippen molar-refractivity contribution in [3.05, 3.63) is 65.4 Å². The molecule has 0 aliphatic carbocycles. The monoisotopic (exact) mass is 424 g/mol. The van der Waals surface area contributed by atoms with E-state index in [1.165, 1.54) is 18.4 Å². The summed E-state index contributed by atoms with van der Waals surface area (Å²) in [7, 11) is 0. The summed E-state index contributed by atoms with van der Waals surface area (Å²) in [6.45, 7) is 8.78. The Hall–Kier alpha value is -2.30. The minimum atomic E-state index is -0.852. The summed E-state index contributed by atoms with van der Waals surface area (Å²) in [5, 5.41) is 21.8. The van der Waals surface area contributed by atoms with E-state index in [0.717, 1.165) is 35.8 Å². The van der Waals surface area contributed by atoms with Crippen LogP contribution < -0.4 is 4.74 Å². The Morgan fingerprint density at radius 3 is 2.32 bits per heavy atom. The van der Waals surface area contributed by atoms with Crippen LogP contribution in [-0.4, -0.2) is 16.8 Å². The third-order valence-electron chi connectivity index (χ3n) is 5.74. The lowest BCUT2D eigenvalue weighted by molar-refractivity contribution is 0.0902. The highest BCUT2D eigenvalue weighted by atomic mass is 16.5. The molecule has 1 aromatic heterocycles. The average molecular weight is 425 g/mol. The molecule has 4 nitrogen and oxygen atoms in total. The summed E-state index contributed by atoms with van der Waals surface area (Å²) in [5.74, 6) is 1.16. The Bertz CT molecular complexity index is 950. The van der Waals surface area contributed by atoms with Crippen LogP contribution in [0.15, 0.2) is 52.9 Å². The van der Waals surface area contributed by atoms with E-state index >= 15 is 0 Å². The maximum atomic E-state index is 10.5. The Morgan fingerprint density at radius 2 is 1.65 bits per heavy atom. The van der Waals surface area contributed by atoms with Gasteiger partial charge in [0, 0.05) is 5.39 Å². The SMILES string of the molecule is CCCCCCC(O)c1ccc(OCC(O)c2cc3ccc(C(C)(C)C)cc3o2)cc1. The summed E-state index contributed by atoms with van der Waals surface area (Å²) in [6.07, 6.45) is 4.09. The predicted molar refractivity (Wildman–Crippen MR) is 126 cm³/mol. The number of aliphatic hydroxyl groups is 2. The quantitative estimate of drug-likeness (QED) is 0.350. The molecule has 0 saturated carbocycles. The van der Waals surface area contributed by atoms with Crippen LogP contribution >= 0.6 is 0 Å². The van der Waals surface area contributed by atoms with E-state index in [1.807, 2.05) is 42.5 Å². The molecule has 3 rings (SSSR count). The molecule has 0 spiro atoms. The maximum Gasteiger partial charge on any atom is 0.145 e. The second-order valence-electron chi connectivity index (χ2n) is 9.41. The second kappa shape index (κ2) is 10.3. The third kappa shape index (κ3) is 6.34. The standard InChI is InChI=1S/C27H36O4/c1-5-6-7-8-9-23(28)19-11-14-22(15-12-19)30-18-24(29)26-16-20-10-13-21(27(2,3)4)17-25(20)31-26/h10-17,23-24,28-29H,5-9,18H2,1-4H3. The first-order valence-electron chi connectivity index (χ1n) is 11.4. The van der Waals surface area contributed by atoms with Crippen molar-refractivity contribution in [3.63, 3.8) is 0 Å². The fourth-order valence-corrected chi connectivity index (χ4v) is 3.66. The molecule has 0 fully saturated rings. The van der Waals surface area contributed by atoms with Crippen molar-refractivity contribution in [1.82, 2.24) is 0 Å². The number of unbranched alkanes of at least 4 members (excludes halogenated alkanes) is 3. The molecular formula is C27H36O4. The summed E-state index contributed by atoms with van der Waals surface area (Å²) in [4.78, 5) is 0. The van der Waals surface area contributed by atoms with Gasteiger partial charge in [-0.3, -0.25) is 0 Å². The van der Waals surface area contributed by atoms with E-state index in [0.29, 0.717) is 11.5 Å². The van der Waals surface area contributed by atoms with Crippen molar-refractivity contribution < 1.29 is 19.4 Å². The minimum Gasteiger partial charge on any atom is -0.490 e. The van der Waals surface area contributed by atoms with E-state index in [2.05, 4.69) is 33.8 Å². The van der Waals surface area contributed by atoms with Gasteiger partial charge in [-0.2, -0.15) is 0 Å². The molecule has 2 unspecified atom stereocenters.